The molecule has 0 radical (unpaired) electrons. The number of hydrogen-bond donors (Lipinski definition) is 4. The number of aliphatic hydroxyl groups is 3. The number of carbonyl (C=O) groups excluding carboxylic acids is 2. The second-order valence-electron chi connectivity index (χ2n) is 6.37. The van der Waals surface area contributed by atoms with Gasteiger partial charge in [0.1, 0.15) is 31.5 Å². The van der Waals surface area contributed by atoms with Crippen LogP contribution in [0, 0.1) is 0 Å². The first-order chi connectivity index (χ1) is 14.3. The molecule has 1 aliphatic heterocycles. The summed E-state index contributed by atoms with van der Waals surface area (Å²) in [6.45, 7) is 5.25. The molecule has 1 rings (SSSR count). The van der Waals surface area contributed by atoms with Crippen LogP contribution in [0.3, 0.4) is 0 Å². The van der Waals surface area contributed by atoms with Crippen molar-refractivity contribution in [2.75, 3.05) is 46.8 Å². The monoisotopic (exact) mass is 437 g/mol. The molecule has 1 amide bonds. The zero-order chi connectivity index (χ0) is 22.5. The van der Waals surface area contributed by atoms with Crippen molar-refractivity contribution < 1.29 is 53.3 Å². The van der Waals surface area contributed by atoms with E-state index in [0.29, 0.717) is 13.2 Å². The van der Waals surface area contributed by atoms with E-state index in [0.717, 1.165) is 0 Å². The first-order valence-corrected chi connectivity index (χ1v) is 9.40. The molecule has 0 bridgehead atoms. The number of amides is 1. The quantitative estimate of drug-likeness (QED) is 0.148. The van der Waals surface area contributed by atoms with E-state index >= 15 is 0 Å². The summed E-state index contributed by atoms with van der Waals surface area (Å²) in [6, 6.07) is -1.32. The van der Waals surface area contributed by atoms with Gasteiger partial charge in [-0.2, -0.15) is 0 Å². The summed E-state index contributed by atoms with van der Waals surface area (Å²) >= 11 is 0. The molecule has 0 spiro atoms. The lowest BCUT2D eigenvalue weighted by Gasteiger charge is -2.37. The largest absolute Gasteiger partial charge is 0.462 e. The lowest BCUT2D eigenvalue weighted by molar-refractivity contribution is -0.282. The van der Waals surface area contributed by atoms with Crippen LogP contribution in [-0.2, 0) is 33.2 Å². The van der Waals surface area contributed by atoms with Crippen molar-refractivity contribution in [1.29, 1.82) is 0 Å². The summed E-state index contributed by atoms with van der Waals surface area (Å²) < 4.78 is 30.6. The maximum atomic E-state index is 12.5. The normalized spacial score (nSPS) is 25.8. The van der Waals surface area contributed by atoms with E-state index < -0.39 is 48.8 Å². The summed E-state index contributed by atoms with van der Waals surface area (Å²) in [7, 11) is 1.53. The smallest absolute Gasteiger partial charge is 0.408 e. The van der Waals surface area contributed by atoms with Crippen LogP contribution in [0.2, 0.25) is 0 Å². The van der Waals surface area contributed by atoms with Crippen LogP contribution in [0.25, 0.3) is 0 Å². The third-order valence-corrected chi connectivity index (χ3v) is 4.04. The van der Waals surface area contributed by atoms with Crippen molar-refractivity contribution in [3.63, 3.8) is 0 Å². The molecule has 174 valence electrons. The zero-order valence-electron chi connectivity index (χ0n) is 17.1. The molecule has 0 unspecified atom stereocenters. The molecule has 12 heteroatoms. The Labute approximate surface area is 174 Å². The predicted octanol–water partition coefficient (Wildman–Crippen LogP) is -1.68. The van der Waals surface area contributed by atoms with Crippen molar-refractivity contribution in [2.24, 2.45) is 0 Å². The molecule has 1 aliphatic rings. The third-order valence-electron chi connectivity index (χ3n) is 4.04. The molecule has 0 aromatic heterocycles. The summed E-state index contributed by atoms with van der Waals surface area (Å²) in [5.74, 6) is -0.834. The molecule has 1 fully saturated rings. The maximum Gasteiger partial charge on any atom is 0.408 e. The highest BCUT2D eigenvalue weighted by Gasteiger charge is 2.41. The van der Waals surface area contributed by atoms with Crippen LogP contribution < -0.4 is 5.32 Å². The summed E-state index contributed by atoms with van der Waals surface area (Å²) in [4.78, 5) is 24.3. The minimum absolute atomic E-state index is 0.0787. The van der Waals surface area contributed by atoms with Gasteiger partial charge < -0.3 is 49.1 Å². The van der Waals surface area contributed by atoms with E-state index in [2.05, 4.69) is 11.9 Å². The van der Waals surface area contributed by atoms with Crippen LogP contribution in [0.15, 0.2) is 12.7 Å². The Kier molecular flexibility index (Phi) is 12.5. The fourth-order valence-electron chi connectivity index (χ4n) is 2.40. The van der Waals surface area contributed by atoms with Crippen molar-refractivity contribution in [3.8, 4) is 0 Å². The van der Waals surface area contributed by atoms with Crippen LogP contribution in [-0.4, -0.2) is 111 Å². The van der Waals surface area contributed by atoms with Gasteiger partial charge in [-0.3, -0.25) is 0 Å². The first-order valence-electron chi connectivity index (χ1n) is 9.40. The topological polar surface area (TPSA) is 162 Å². The molecule has 4 N–H and O–H groups in total. The number of methoxy groups -OCH3 is 1. The molecule has 0 saturated carbocycles. The van der Waals surface area contributed by atoms with E-state index in [1.165, 1.54) is 20.1 Å². The Morgan fingerprint density at radius 3 is 2.53 bits per heavy atom. The Morgan fingerprint density at radius 1 is 1.17 bits per heavy atom. The van der Waals surface area contributed by atoms with Gasteiger partial charge in [0.2, 0.25) is 0 Å². The number of carbonyl (C=O) groups is 2. The first kappa shape index (κ1) is 26.2. The van der Waals surface area contributed by atoms with E-state index in [-0.39, 0.29) is 26.4 Å². The summed E-state index contributed by atoms with van der Waals surface area (Å²) in [5, 5.41) is 31.6. The lowest BCUT2D eigenvalue weighted by Crippen LogP contribution is -2.57. The van der Waals surface area contributed by atoms with Gasteiger partial charge in [0, 0.05) is 7.11 Å². The second kappa shape index (κ2) is 14.2. The Morgan fingerprint density at radius 2 is 1.87 bits per heavy atom. The standard InChI is InChI=1S/C18H31NO11/c1-4-5-28-18(24)19-13(16(23)27-9-8-26-7-6-25-3)11(2)30-17-15(22)14(21)12(20)10-29-17/h4,11-15,17,20-22H,1,5-10H2,2-3H3,(H,19,24)/t11-,12-,13+,14+,15-,17+/m1/s1. The number of esters is 1. The molecule has 0 aliphatic carbocycles. The van der Waals surface area contributed by atoms with Crippen molar-refractivity contribution in [2.45, 2.75) is 43.7 Å². The van der Waals surface area contributed by atoms with Crippen LogP contribution >= 0.6 is 0 Å². The minimum Gasteiger partial charge on any atom is -0.462 e. The Bertz CT molecular complexity index is 532. The van der Waals surface area contributed by atoms with Gasteiger partial charge in [-0.25, -0.2) is 9.59 Å². The van der Waals surface area contributed by atoms with Crippen molar-refractivity contribution in [1.82, 2.24) is 5.32 Å². The molecule has 0 aromatic rings. The molecule has 6 atom stereocenters. The fourth-order valence-corrected chi connectivity index (χ4v) is 2.40. The highest BCUT2D eigenvalue weighted by Crippen LogP contribution is 2.19. The molecule has 1 heterocycles. The molecular weight excluding hydrogens is 406 g/mol. The van der Waals surface area contributed by atoms with Gasteiger partial charge in [-0.15, -0.1) is 0 Å². The van der Waals surface area contributed by atoms with E-state index in [1.807, 2.05) is 0 Å². The van der Waals surface area contributed by atoms with Crippen LogP contribution in [0.1, 0.15) is 6.92 Å². The molecular formula is C18H31NO11. The van der Waals surface area contributed by atoms with Gasteiger partial charge in [-0.1, -0.05) is 12.7 Å². The maximum absolute atomic E-state index is 12.5. The SMILES string of the molecule is C=CCOC(=O)N[C@H](C(=O)OCCOCCOC)[C@@H](C)O[C@@H]1OC[C@@H](O)[C@H](O)[C@H]1O. The molecule has 0 aromatic carbocycles. The number of aliphatic hydroxyl groups excluding tert-OH is 3. The van der Waals surface area contributed by atoms with Gasteiger partial charge in [0.25, 0.3) is 0 Å². The molecule has 1 saturated heterocycles. The molecule has 12 nitrogen and oxygen atoms in total. The van der Waals surface area contributed by atoms with Crippen molar-refractivity contribution in [3.05, 3.63) is 12.7 Å². The van der Waals surface area contributed by atoms with Gasteiger partial charge in [-0.05, 0) is 6.92 Å². The predicted molar refractivity (Wildman–Crippen MR) is 100 cm³/mol. The van der Waals surface area contributed by atoms with E-state index in [4.69, 9.17) is 28.4 Å². The van der Waals surface area contributed by atoms with Gasteiger partial charge in [0.05, 0.1) is 32.5 Å². The van der Waals surface area contributed by atoms with E-state index in [1.54, 1.807) is 0 Å². The lowest BCUT2D eigenvalue weighted by atomic mass is 10.1. The van der Waals surface area contributed by atoms with Crippen molar-refractivity contribution >= 4 is 12.1 Å². The average molecular weight is 437 g/mol. The second-order valence-corrected chi connectivity index (χ2v) is 6.37. The molecule has 30 heavy (non-hydrogen) atoms. The van der Waals surface area contributed by atoms with E-state index in [9.17, 15) is 24.9 Å². The van der Waals surface area contributed by atoms with Gasteiger partial charge in [0.15, 0.2) is 12.3 Å². The number of nitrogens with one attached hydrogen (secondary N) is 1. The fraction of sp³-hybridized carbons (Fsp3) is 0.778. The summed E-state index contributed by atoms with van der Waals surface area (Å²) in [6.07, 6.45) is -6.28. The van der Waals surface area contributed by atoms with Gasteiger partial charge >= 0.3 is 12.1 Å². The van der Waals surface area contributed by atoms with Crippen LogP contribution in [0.5, 0.6) is 0 Å². The Balaban J connectivity index is 2.67. The number of hydrogen-bond acceptors (Lipinski definition) is 11. The number of rotatable bonds is 13. The number of alkyl carbamates (subject to hydrolysis) is 1. The highest BCUT2D eigenvalue weighted by atomic mass is 16.7. The minimum atomic E-state index is -1.56. The zero-order valence-corrected chi connectivity index (χ0v) is 17.1. The third kappa shape index (κ3) is 8.92. The Hall–Kier alpha value is -1.80. The van der Waals surface area contributed by atoms with Crippen LogP contribution in [0.4, 0.5) is 4.79 Å². The summed E-state index contributed by atoms with van der Waals surface area (Å²) in [5.41, 5.74) is 0. The number of ether oxygens (including phenoxy) is 6. The highest BCUT2D eigenvalue weighted by molar-refractivity contribution is 5.82. The average Bonchev–Trinajstić information content (AvgIpc) is 2.73.